The number of hydrogen-bond acceptors (Lipinski definition) is 13. The fraction of sp³-hybridized carbons (Fsp3) is 0.917. The van der Waals surface area contributed by atoms with Crippen LogP contribution in [0.5, 0.6) is 0 Å². The number of aliphatic hydroxyl groups excluding tert-OH is 5. The average molecular weight is 872 g/mol. The molecule has 9 aliphatic rings. The molecule has 350 valence electrons. The van der Waals surface area contributed by atoms with E-state index in [9.17, 15) is 35.1 Å². The number of piperidine rings is 3. The molecule has 0 spiro atoms. The predicted octanol–water partition coefficient (Wildman–Crippen LogP) is 0.956. The van der Waals surface area contributed by atoms with Gasteiger partial charge in [-0.3, -0.25) is 10.1 Å². The Bertz CT molecular complexity index is 1640. The molecule has 9 fully saturated rings. The third kappa shape index (κ3) is 8.19. The molecule has 0 aromatic rings. The van der Waals surface area contributed by atoms with Gasteiger partial charge in [-0.05, 0) is 152 Å². The van der Waals surface area contributed by atoms with Crippen molar-refractivity contribution in [2.45, 2.75) is 165 Å². The van der Waals surface area contributed by atoms with Crippen LogP contribution in [-0.4, -0.2) is 131 Å². The topological polar surface area (TPSA) is 230 Å². The number of Topliss-reactive ketones (excluding diaryl/α,β-unsaturated/α-hetero) is 1. The molecule has 3 aliphatic carbocycles. The number of rotatable bonds is 7. The summed E-state index contributed by atoms with van der Waals surface area (Å²) in [6.45, 7) is 6.91. The summed E-state index contributed by atoms with van der Waals surface area (Å²) in [4.78, 5) is 28.5. The highest BCUT2D eigenvalue weighted by molar-refractivity contribution is 5.88. The molecule has 6 saturated heterocycles. The minimum atomic E-state index is -1.15. The van der Waals surface area contributed by atoms with Gasteiger partial charge in [-0.2, -0.15) is 0 Å². The normalized spacial score (nSPS) is 51.9. The van der Waals surface area contributed by atoms with Gasteiger partial charge >= 0.3 is 5.97 Å². The summed E-state index contributed by atoms with van der Waals surface area (Å²) in [5, 5.41) is 66.7. The van der Waals surface area contributed by atoms with Crippen LogP contribution in [0.15, 0.2) is 11.6 Å². The zero-order chi connectivity index (χ0) is 43.6. The maximum atomic E-state index is 14.4. The van der Waals surface area contributed by atoms with Crippen molar-refractivity contribution in [1.82, 2.24) is 10.6 Å². The van der Waals surface area contributed by atoms with E-state index in [0.29, 0.717) is 37.0 Å². The van der Waals surface area contributed by atoms with Gasteiger partial charge in [0.1, 0.15) is 23.7 Å². The van der Waals surface area contributed by atoms with E-state index >= 15 is 0 Å². The summed E-state index contributed by atoms with van der Waals surface area (Å²) in [7, 11) is 0. The van der Waals surface area contributed by atoms with Crippen molar-refractivity contribution in [3.05, 3.63) is 11.6 Å². The first kappa shape index (κ1) is 45.6. The molecule has 14 heteroatoms. The Kier molecular flexibility index (Phi) is 13.7. The molecular formula is C48H79N4O10+. The Morgan fingerprint density at radius 2 is 1.69 bits per heavy atom. The smallest absolute Gasteiger partial charge is 0.336 e. The van der Waals surface area contributed by atoms with E-state index in [1.54, 1.807) is 13.0 Å². The highest BCUT2D eigenvalue weighted by atomic mass is 16.6. The third-order valence-corrected chi connectivity index (χ3v) is 19.0. The summed E-state index contributed by atoms with van der Waals surface area (Å²) in [5.41, 5.74) is 6.49. The predicted molar refractivity (Wildman–Crippen MR) is 228 cm³/mol. The van der Waals surface area contributed by atoms with Crippen LogP contribution in [0.1, 0.15) is 104 Å². The number of aliphatic hydroxyl groups is 5. The second-order valence-corrected chi connectivity index (χ2v) is 22.0. The van der Waals surface area contributed by atoms with E-state index in [0.717, 1.165) is 64.3 Å². The van der Waals surface area contributed by atoms with Crippen molar-refractivity contribution in [3.8, 4) is 0 Å². The first-order valence-electron chi connectivity index (χ1n) is 24.9. The van der Waals surface area contributed by atoms with Gasteiger partial charge in [-0.25, -0.2) is 4.79 Å². The zero-order valence-electron chi connectivity index (χ0n) is 37.4. The van der Waals surface area contributed by atoms with Crippen molar-refractivity contribution in [2.24, 2.45) is 82.7 Å². The van der Waals surface area contributed by atoms with Crippen molar-refractivity contribution >= 4 is 11.8 Å². The van der Waals surface area contributed by atoms with Crippen LogP contribution in [-0.2, 0) is 23.8 Å². The van der Waals surface area contributed by atoms with Gasteiger partial charge in [-0.15, -0.1) is 0 Å². The number of ketones is 1. The summed E-state index contributed by atoms with van der Waals surface area (Å²) < 4.78 is 21.3. The Morgan fingerprint density at radius 3 is 2.45 bits per heavy atom. The fourth-order valence-electron chi connectivity index (χ4n) is 16.0. The molecule has 14 nitrogen and oxygen atoms in total. The molecule has 0 aromatic heterocycles. The van der Waals surface area contributed by atoms with Gasteiger partial charge in [0, 0.05) is 42.7 Å². The highest BCUT2D eigenvalue weighted by Gasteiger charge is 2.67. The van der Waals surface area contributed by atoms with Crippen LogP contribution in [0.2, 0.25) is 0 Å². The van der Waals surface area contributed by atoms with Crippen LogP contribution in [0.4, 0.5) is 0 Å². The Morgan fingerprint density at radius 1 is 0.919 bits per heavy atom. The maximum Gasteiger partial charge on any atom is 0.336 e. The number of carbonyl (C=O) groups is 2. The molecule has 23 atom stereocenters. The van der Waals surface area contributed by atoms with Gasteiger partial charge in [0.05, 0.1) is 67.9 Å². The lowest BCUT2D eigenvalue weighted by molar-refractivity contribution is -0.718. The lowest BCUT2D eigenvalue weighted by Crippen LogP contribution is -2.98. The van der Waals surface area contributed by atoms with Gasteiger partial charge in [0.25, 0.3) is 0 Å². The first-order valence-corrected chi connectivity index (χ1v) is 24.9. The van der Waals surface area contributed by atoms with E-state index in [-0.39, 0.29) is 90.9 Å². The quantitative estimate of drug-likeness (QED) is 0.129. The fourth-order valence-corrected chi connectivity index (χ4v) is 16.0. The summed E-state index contributed by atoms with van der Waals surface area (Å²) in [5.74, 6) is -1.77. The number of fused-ring (bicyclic) bond motifs is 6. The van der Waals surface area contributed by atoms with Crippen molar-refractivity contribution in [2.75, 3.05) is 32.9 Å². The Balaban J connectivity index is 1.22. The number of hydrogen-bond donors (Lipinski definition) is 9. The minimum Gasteiger partial charge on any atom is -0.456 e. The van der Waals surface area contributed by atoms with Crippen LogP contribution in [0.3, 0.4) is 0 Å². The molecule has 19 unspecified atom stereocenters. The van der Waals surface area contributed by atoms with Gasteiger partial charge in [0.2, 0.25) is 0 Å². The molecule has 3 saturated carbocycles. The van der Waals surface area contributed by atoms with E-state index in [1.807, 2.05) is 0 Å². The van der Waals surface area contributed by atoms with Crippen LogP contribution >= 0.6 is 0 Å². The molecule has 4 bridgehead atoms. The number of ether oxygens (including phenoxy) is 3. The van der Waals surface area contributed by atoms with Crippen molar-refractivity contribution in [1.29, 1.82) is 0 Å². The third-order valence-electron chi connectivity index (χ3n) is 19.0. The number of nitrogens with one attached hydrogen (secondary N) is 2. The first-order chi connectivity index (χ1) is 29.9. The molecule has 6 heterocycles. The van der Waals surface area contributed by atoms with Crippen molar-refractivity contribution in [3.63, 3.8) is 0 Å². The SMILES string of the molecule is CC=C(CO)C(=O)O[C@H]1CC2C(O)C3C(=O)CC(CO)OC3C3C2O[C@@]1(C)[C@H](CC1C[NH2+]C2N[C@@H](C)CCC2C1)CC1CCC2CCC(O)CC2C(CO)C3C2CCNC(N)C12. The minimum absolute atomic E-state index is 0.0123. The highest BCUT2D eigenvalue weighted by Crippen LogP contribution is 2.61. The van der Waals surface area contributed by atoms with Crippen molar-refractivity contribution < 1.29 is 54.6 Å². The van der Waals surface area contributed by atoms with E-state index in [2.05, 4.69) is 29.8 Å². The summed E-state index contributed by atoms with van der Waals surface area (Å²) in [6, 6.07) is 0.502. The molecule has 0 aromatic carbocycles. The van der Waals surface area contributed by atoms with Gasteiger partial charge in [0.15, 0.2) is 0 Å². The number of allylic oxidation sites excluding steroid dienone is 1. The Hall–Kier alpha value is -1.56. The van der Waals surface area contributed by atoms with Crippen LogP contribution in [0.25, 0.3) is 0 Å². The lowest BCUT2D eigenvalue weighted by atomic mass is 9.50. The van der Waals surface area contributed by atoms with E-state index in [1.165, 1.54) is 6.42 Å². The number of esters is 1. The Labute approximate surface area is 368 Å². The van der Waals surface area contributed by atoms with Crippen LogP contribution in [0, 0.1) is 76.9 Å². The zero-order valence-corrected chi connectivity index (χ0v) is 37.4. The largest absolute Gasteiger partial charge is 0.456 e. The van der Waals surface area contributed by atoms with Gasteiger partial charge < -0.3 is 56.1 Å². The van der Waals surface area contributed by atoms with E-state index < -0.39 is 72.6 Å². The number of carbonyl (C=O) groups excluding carboxylic acids is 2. The number of nitrogens with two attached hydrogens (primary N) is 2. The number of quaternary nitrogens is 1. The molecular weight excluding hydrogens is 793 g/mol. The molecule has 62 heavy (non-hydrogen) atoms. The van der Waals surface area contributed by atoms with E-state index in [4.69, 9.17) is 19.9 Å². The second-order valence-electron chi connectivity index (χ2n) is 22.0. The maximum absolute atomic E-state index is 14.4. The average Bonchev–Trinajstić information content (AvgIpc) is 3.30. The molecule has 6 aliphatic heterocycles. The monoisotopic (exact) mass is 872 g/mol. The van der Waals surface area contributed by atoms with Crippen LogP contribution < -0.4 is 21.7 Å². The standard InChI is InChI=1S/C48H78N4O10/c1-4-25(20-53)47(59)61-37-18-34-42(58)40-36(57)17-31(21-54)60-44(40)41-39-32-11-12-50-45(49)38(32)27(8-7-26-9-10-30(56)16-33(26)35(39)22-55)15-29(48(37,3)62-43(34)41)14-24-13-28-6-5-23(2)52-46(28)51-19-24/h4,23-24,26-35,37-46,50-56,58H,5-22,49H2,1-3H3/p+1/t23-,24?,26?,27?,28?,29+,30?,31?,32?,33?,34?,35?,37-,38?,39?,40?,41?,42?,43?,44?,45?,46?,48-/m0/s1. The summed E-state index contributed by atoms with van der Waals surface area (Å²) >= 11 is 0. The second kappa shape index (κ2) is 18.6. The summed E-state index contributed by atoms with van der Waals surface area (Å²) in [6.07, 6.45) is 7.45. The molecule has 11 N–H and O–H groups in total. The molecule has 0 radical (unpaired) electrons. The lowest BCUT2D eigenvalue weighted by Gasteiger charge is -2.63. The molecule has 0 amide bonds. The molecule has 9 rings (SSSR count). The van der Waals surface area contributed by atoms with Gasteiger partial charge in [-0.1, -0.05) is 6.08 Å².